The Hall–Kier alpha value is -3.15. The Morgan fingerprint density at radius 2 is 1.50 bits per heavy atom. The lowest BCUT2D eigenvalue weighted by Gasteiger charge is -2.32. The normalized spacial score (nSPS) is 11.6. The van der Waals surface area contributed by atoms with E-state index in [9.17, 15) is 9.59 Å². The lowest BCUT2D eigenvalue weighted by Crippen LogP contribution is -2.44. The van der Waals surface area contributed by atoms with Crippen LogP contribution >= 0.6 is 11.6 Å². The third-order valence-corrected chi connectivity index (χ3v) is 5.35. The van der Waals surface area contributed by atoms with Gasteiger partial charge in [-0.25, -0.2) is 0 Å². The Bertz CT molecular complexity index is 995. The molecule has 1 atom stereocenters. The van der Waals surface area contributed by atoms with Crippen molar-refractivity contribution in [1.82, 2.24) is 10.2 Å². The van der Waals surface area contributed by atoms with Crippen molar-refractivity contribution >= 4 is 23.4 Å². The van der Waals surface area contributed by atoms with E-state index in [1.165, 1.54) is 0 Å². The number of aliphatic hydroxyl groups excluding tert-OH is 1. The summed E-state index contributed by atoms with van der Waals surface area (Å²) < 4.78 is 0. The van der Waals surface area contributed by atoms with Crippen molar-refractivity contribution < 1.29 is 14.7 Å². The Labute approximate surface area is 193 Å². The first-order valence-corrected chi connectivity index (χ1v) is 11.0. The van der Waals surface area contributed by atoms with Crippen LogP contribution in [0, 0.1) is 0 Å². The fourth-order valence-electron chi connectivity index (χ4n) is 3.48. The average molecular weight is 451 g/mol. The molecule has 0 aliphatic rings. The van der Waals surface area contributed by atoms with Crippen LogP contribution in [0.1, 0.15) is 29.2 Å². The van der Waals surface area contributed by atoms with Gasteiger partial charge in [0.1, 0.15) is 6.04 Å². The second-order valence-corrected chi connectivity index (χ2v) is 7.93. The van der Waals surface area contributed by atoms with Crippen molar-refractivity contribution in [1.29, 1.82) is 0 Å². The smallest absolute Gasteiger partial charge is 0.247 e. The maximum Gasteiger partial charge on any atom is 0.247 e. The summed E-state index contributed by atoms with van der Waals surface area (Å²) in [5.74, 6) is -0.433. The molecule has 3 rings (SSSR count). The second kappa shape index (κ2) is 12.0. The van der Waals surface area contributed by atoms with Crippen LogP contribution in [0.15, 0.2) is 84.9 Å². The number of carbonyl (C=O) groups excluding carboxylic acids is 2. The minimum Gasteiger partial charge on any atom is -0.396 e. The number of nitrogens with zero attached hydrogens (tertiary/aromatic N) is 1. The number of rotatable bonds is 10. The van der Waals surface area contributed by atoms with E-state index in [1.807, 2.05) is 72.8 Å². The van der Waals surface area contributed by atoms with Crippen molar-refractivity contribution in [2.24, 2.45) is 0 Å². The van der Waals surface area contributed by atoms with Gasteiger partial charge >= 0.3 is 0 Å². The van der Waals surface area contributed by atoms with E-state index >= 15 is 0 Å². The molecule has 166 valence electrons. The maximum absolute atomic E-state index is 13.5. The molecular formula is C26H27ClN2O3. The van der Waals surface area contributed by atoms with E-state index in [0.717, 1.165) is 16.7 Å². The zero-order valence-electron chi connectivity index (χ0n) is 17.8. The van der Waals surface area contributed by atoms with E-state index in [0.29, 0.717) is 18.0 Å². The van der Waals surface area contributed by atoms with Gasteiger partial charge in [-0.3, -0.25) is 9.59 Å². The van der Waals surface area contributed by atoms with Gasteiger partial charge in [0, 0.05) is 24.7 Å². The van der Waals surface area contributed by atoms with Gasteiger partial charge in [0.05, 0.1) is 6.42 Å². The standard InChI is InChI=1S/C26H27ClN2O3/c27-23-14-12-21(13-15-23)19-29(24(31)18-20-8-3-1-4-9-20)25(22-10-5-2-6-11-22)26(32)28-16-7-17-30/h1-6,8-15,25,30H,7,16-19H2,(H,28,32)/t25-/m0/s1. The number of benzene rings is 3. The van der Waals surface area contributed by atoms with Gasteiger partial charge in [0.2, 0.25) is 11.8 Å². The minimum atomic E-state index is -0.804. The van der Waals surface area contributed by atoms with E-state index in [2.05, 4.69) is 5.32 Å². The Morgan fingerprint density at radius 3 is 2.12 bits per heavy atom. The van der Waals surface area contributed by atoms with Crippen molar-refractivity contribution in [2.75, 3.05) is 13.2 Å². The first kappa shape index (κ1) is 23.5. The third-order valence-electron chi connectivity index (χ3n) is 5.09. The van der Waals surface area contributed by atoms with E-state index < -0.39 is 6.04 Å². The lowest BCUT2D eigenvalue weighted by molar-refractivity contribution is -0.141. The second-order valence-electron chi connectivity index (χ2n) is 7.49. The summed E-state index contributed by atoms with van der Waals surface area (Å²) in [5, 5.41) is 12.6. The zero-order valence-corrected chi connectivity index (χ0v) is 18.5. The fourth-order valence-corrected chi connectivity index (χ4v) is 3.60. The van der Waals surface area contributed by atoms with Gasteiger partial charge in [0.15, 0.2) is 0 Å². The summed E-state index contributed by atoms with van der Waals surface area (Å²) in [7, 11) is 0. The van der Waals surface area contributed by atoms with Gasteiger partial charge in [-0.1, -0.05) is 84.4 Å². The maximum atomic E-state index is 13.5. The highest BCUT2D eigenvalue weighted by Gasteiger charge is 2.31. The summed E-state index contributed by atoms with van der Waals surface area (Å²) in [4.78, 5) is 28.4. The van der Waals surface area contributed by atoms with Crippen LogP contribution in [-0.4, -0.2) is 35.0 Å². The quantitative estimate of drug-likeness (QED) is 0.456. The first-order chi connectivity index (χ1) is 15.6. The van der Waals surface area contributed by atoms with Gasteiger partial charge < -0.3 is 15.3 Å². The van der Waals surface area contributed by atoms with Crippen LogP contribution in [0.25, 0.3) is 0 Å². The van der Waals surface area contributed by atoms with Crippen LogP contribution in [0.4, 0.5) is 0 Å². The number of aliphatic hydroxyl groups is 1. The van der Waals surface area contributed by atoms with Crippen LogP contribution in [-0.2, 0) is 22.6 Å². The number of hydrogen-bond acceptors (Lipinski definition) is 3. The molecule has 2 amide bonds. The molecule has 0 aliphatic carbocycles. The van der Waals surface area contributed by atoms with E-state index in [-0.39, 0.29) is 31.4 Å². The van der Waals surface area contributed by atoms with Crippen molar-refractivity contribution in [3.63, 3.8) is 0 Å². The molecule has 0 fully saturated rings. The number of hydrogen-bond donors (Lipinski definition) is 2. The van der Waals surface area contributed by atoms with Crippen molar-refractivity contribution in [2.45, 2.75) is 25.4 Å². The minimum absolute atomic E-state index is 0.0162. The number of nitrogens with one attached hydrogen (secondary N) is 1. The summed E-state index contributed by atoms with van der Waals surface area (Å²) in [6, 6.07) is 25.2. The van der Waals surface area contributed by atoms with Crippen LogP contribution in [0.2, 0.25) is 5.02 Å². The Morgan fingerprint density at radius 1 is 0.875 bits per heavy atom. The zero-order chi connectivity index (χ0) is 22.8. The molecule has 2 N–H and O–H groups in total. The van der Waals surface area contributed by atoms with Crippen LogP contribution < -0.4 is 5.32 Å². The molecular weight excluding hydrogens is 424 g/mol. The molecule has 0 spiro atoms. The SMILES string of the molecule is O=C(NCCCO)[C@H](c1ccccc1)N(Cc1ccc(Cl)cc1)C(=O)Cc1ccccc1. The molecule has 3 aromatic rings. The Kier molecular flexibility index (Phi) is 8.84. The monoisotopic (exact) mass is 450 g/mol. The fraction of sp³-hybridized carbons (Fsp3) is 0.231. The molecule has 32 heavy (non-hydrogen) atoms. The van der Waals surface area contributed by atoms with Gasteiger partial charge in [0.25, 0.3) is 0 Å². The molecule has 0 bridgehead atoms. The molecule has 3 aromatic carbocycles. The van der Waals surface area contributed by atoms with Gasteiger partial charge in [-0.05, 0) is 35.2 Å². The number of amides is 2. The first-order valence-electron chi connectivity index (χ1n) is 10.6. The molecule has 0 unspecified atom stereocenters. The van der Waals surface area contributed by atoms with E-state index in [1.54, 1.807) is 17.0 Å². The van der Waals surface area contributed by atoms with Crippen molar-refractivity contribution in [3.8, 4) is 0 Å². The topological polar surface area (TPSA) is 69.6 Å². The lowest BCUT2D eigenvalue weighted by atomic mass is 10.0. The third kappa shape index (κ3) is 6.67. The highest BCUT2D eigenvalue weighted by Crippen LogP contribution is 2.25. The summed E-state index contributed by atoms with van der Waals surface area (Å²) in [6.07, 6.45) is 0.629. The van der Waals surface area contributed by atoms with Gasteiger partial charge in [-0.15, -0.1) is 0 Å². The van der Waals surface area contributed by atoms with Gasteiger partial charge in [-0.2, -0.15) is 0 Å². The van der Waals surface area contributed by atoms with Crippen LogP contribution in [0.3, 0.4) is 0 Å². The summed E-state index contributed by atoms with van der Waals surface area (Å²) >= 11 is 6.03. The Balaban J connectivity index is 1.96. The molecule has 0 radical (unpaired) electrons. The summed E-state index contributed by atoms with van der Waals surface area (Å²) in [6.45, 7) is 0.577. The largest absolute Gasteiger partial charge is 0.396 e. The van der Waals surface area contributed by atoms with E-state index in [4.69, 9.17) is 16.7 Å². The molecule has 0 saturated heterocycles. The highest BCUT2D eigenvalue weighted by atomic mass is 35.5. The number of halogens is 1. The predicted octanol–water partition coefficient (Wildman–Crippen LogP) is 4.15. The molecule has 5 nitrogen and oxygen atoms in total. The van der Waals surface area contributed by atoms with Crippen LogP contribution in [0.5, 0.6) is 0 Å². The molecule has 0 saturated carbocycles. The molecule has 0 aromatic heterocycles. The number of carbonyl (C=O) groups is 2. The molecule has 0 heterocycles. The summed E-state index contributed by atoms with van der Waals surface area (Å²) in [5.41, 5.74) is 2.48. The highest BCUT2D eigenvalue weighted by molar-refractivity contribution is 6.30. The molecule has 0 aliphatic heterocycles. The average Bonchev–Trinajstić information content (AvgIpc) is 2.81. The van der Waals surface area contributed by atoms with Crippen molar-refractivity contribution in [3.05, 3.63) is 107 Å². The molecule has 6 heteroatoms. The predicted molar refractivity (Wildman–Crippen MR) is 126 cm³/mol.